The third kappa shape index (κ3) is 5.45. The average Bonchev–Trinajstić information content (AvgIpc) is 3.31. The quantitative estimate of drug-likeness (QED) is 0.182. The van der Waals surface area contributed by atoms with Crippen LogP contribution in [0.3, 0.4) is 0 Å². The predicted molar refractivity (Wildman–Crippen MR) is 168 cm³/mol. The number of allylic oxidation sites excluding steroid dienone is 2. The monoisotopic (exact) mass is 622 g/mol. The molecule has 0 bridgehead atoms. The van der Waals surface area contributed by atoms with Crippen LogP contribution in [0.25, 0.3) is 0 Å². The molecule has 14 atom stereocenters. The van der Waals surface area contributed by atoms with E-state index in [9.17, 15) is 30.6 Å². The Bertz CT molecular complexity index is 1070. The van der Waals surface area contributed by atoms with Crippen LogP contribution in [0.1, 0.15) is 113 Å². The van der Waals surface area contributed by atoms with Gasteiger partial charge in [-0.05, 0) is 124 Å². The van der Waals surface area contributed by atoms with Gasteiger partial charge in [-0.1, -0.05) is 46.3 Å². The number of aliphatic hydroxyl groups is 6. The Kier molecular flexibility index (Phi) is 9.35. The van der Waals surface area contributed by atoms with Gasteiger partial charge in [-0.15, -0.1) is 0 Å². The summed E-state index contributed by atoms with van der Waals surface area (Å²) in [6.07, 6.45) is 3.85. The van der Waals surface area contributed by atoms with Crippen molar-refractivity contribution < 1.29 is 40.1 Å². The van der Waals surface area contributed by atoms with Gasteiger partial charge in [0, 0.05) is 0 Å². The van der Waals surface area contributed by atoms with Crippen molar-refractivity contribution in [3.05, 3.63) is 11.6 Å². The third-order valence-electron chi connectivity index (χ3n) is 14.3. The highest BCUT2D eigenvalue weighted by Gasteiger charge is 2.70. The fourth-order valence-electron chi connectivity index (χ4n) is 11.6. The van der Waals surface area contributed by atoms with E-state index < -0.39 is 42.9 Å². The molecule has 254 valence electrons. The van der Waals surface area contributed by atoms with Gasteiger partial charge in [0.2, 0.25) is 0 Å². The van der Waals surface area contributed by atoms with Crippen molar-refractivity contribution in [1.29, 1.82) is 0 Å². The van der Waals surface area contributed by atoms with Gasteiger partial charge in [-0.3, -0.25) is 0 Å². The normalized spacial score (nSPS) is 51.0. The number of rotatable bonds is 7. The molecule has 5 aliphatic rings. The second-order valence-electron chi connectivity index (χ2n) is 17.4. The van der Waals surface area contributed by atoms with E-state index in [4.69, 9.17) is 9.47 Å². The van der Waals surface area contributed by atoms with E-state index in [0.717, 1.165) is 57.8 Å². The van der Waals surface area contributed by atoms with E-state index in [1.807, 2.05) is 13.8 Å². The fraction of sp³-hybridized carbons (Fsp3) is 0.944. The molecule has 8 heteroatoms. The Morgan fingerprint density at radius 3 is 2.18 bits per heavy atom. The van der Waals surface area contributed by atoms with Crippen molar-refractivity contribution in [3.63, 3.8) is 0 Å². The minimum atomic E-state index is -1.45. The lowest BCUT2D eigenvalue weighted by molar-refractivity contribution is -0.331. The van der Waals surface area contributed by atoms with Crippen LogP contribution in [-0.4, -0.2) is 85.8 Å². The summed E-state index contributed by atoms with van der Waals surface area (Å²) in [5, 5.41) is 63.2. The van der Waals surface area contributed by atoms with Gasteiger partial charge in [0.05, 0.1) is 24.4 Å². The van der Waals surface area contributed by atoms with Crippen LogP contribution in [0.15, 0.2) is 11.6 Å². The second-order valence-corrected chi connectivity index (χ2v) is 17.4. The highest BCUT2D eigenvalue weighted by Crippen LogP contribution is 2.75. The minimum Gasteiger partial charge on any atom is -0.394 e. The largest absolute Gasteiger partial charge is 0.394 e. The molecule has 0 amide bonds. The first-order valence-electron chi connectivity index (χ1n) is 17.3. The number of hydrogen-bond acceptors (Lipinski definition) is 8. The molecule has 0 radical (unpaired) electrons. The molecular formula is C36H62O8. The molecule has 5 rings (SSSR count). The zero-order valence-corrected chi connectivity index (χ0v) is 28.5. The number of ether oxygens (including phenoxy) is 2. The lowest BCUT2D eigenvalue weighted by atomic mass is 9.35. The molecule has 44 heavy (non-hydrogen) atoms. The molecule has 5 fully saturated rings. The van der Waals surface area contributed by atoms with Crippen LogP contribution in [0.5, 0.6) is 0 Å². The van der Waals surface area contributed by atoms with Crippen LogP contribution in [0, 0.1) is 45.3 Å². The Morgan fingerprint density at radius 2 is 1.55 bits per heavy atom. The summed E-state index contributed by atoms with van der Waals surface area (Å²) in [5.41, 5.74) is 0.589. The van der Waals surface area contributed by atoms with Crippen molar-refractivity contribution in [2.24, 2.45) is 45.3 Å². The number of aliphatic hydroxyl groups excluding tert-OH is 5. The number of hydrogen-bond donors (Lipinski definition) is 6. The summed E-state index contributed by atoms with van der Waals surface area (Å²) in [7, 11) is 0. The molecular weight excluding hydrogens is 560 g/mol. The Labute approximate surface area is 265 Å². The maximum atomic E-state index is 12.0. The van der Waals surface area contributed by atoms with E-state index >= 15 is 0 Å². The summed E-state index contributed by atoms with van der Waals surface area (Å²) in [4.78, 5) is 0. The van der Waals surface area contributed by atoms with Gasteiger partial charge in [0.25, 0.3) is 0 Å². The van der Waals surface area contributed by atoms with Gasteiger partial charge in [-0.25, -0.2) is 0 Å². The fourth-order valence-corrected chi connectivity index (χ4v) is 11.6. The summed E-state index contributed by atoms with van der Waals surface area (Å²) in [5.74, 6) is 1.32. The number of fused-ring (bicyclic) bond motifs is 5. The van der Waals surface area contributed by atoms with E-state index in [1.54, 1.807) is 0 Å². The summed E-state index contributed by atoms with van der Waals surface area (Å²) in [6.45, 7) is 17.4. The summed E-state index contributed by atoms with van der Waals surface area (Å²) >= 11 is 0. The van der Waals surface area contributed by atoms with Crippen LogP contribution < -0.4 is 0 Å². The molecule has 1 heterocycles. The van der Waals surface area contributed by atoms with Crippen LogP contribution in [0.2, 0.25) is 0 Å². The topological polar surface area (TPSA) is 140 Å². The molecule has 8 nitrogen and oxygen atoms in total. The molecule has 0 aromatic carbocycles. The van der Waals surface area contributed by atoms with Crippen molar-refractivity contribution in [3.8, 4) is 0 Å². The molecule has 0 spiro atoms. The lowest BCUT2D eigenvalue weighted by Gasteiger charge is -2.70. The highest BCUT2D eigenvalue weighted by molar-refractivity contribution is 5.22. The van der Waals surface area contributed by atoms with E-state index in [-0.39, 0.29) is 39.8 Å². The van der Waals surface area contributed by atoms with Gasteiger partial charge in [0.1, 0.15) is 24.4 Å². The SMILES string of the molecule is C/C(=C/CCC(C)(C)O)[C@H]1CC[C@]2(C)[C@@H]1C(O)C[C@@H]1[C@@]3(C)CCC(O[C@@H]4O[C@H](CO)[C@@H](O)[C@H](O)[C@H]4O)C(C)(C)[C@@H]3CC[C@]12C. The Hall–Kier alpha value is -0.580. The van der Waals surface area contributed by atoms with Crippen molar-refractivity contribution >= 4 is 0 Å². The first-order valence-corrected chi connectivity index (χ1v) is 17.3. The molecule has 0 aromatic rings. The Balaban J connectivity index is 1.36. The van der Waals surface area contributed by atoms with E-state index in [0.29, 0.717) is 17.8 Å². The Morgan fingerprint density at radius 1 is 0.886 bits per heavy atom. The van der Waals surface area contributed by atoms with Crippen molar-refractivity contribution in [1.82, 2.24) is 0 Å². The summed E-state index contributed by atoms with van der Waals surface area (Å²) in [6, 6.07) is 0. The molecule has 2 unspecified atom stereocenters. The smallest absolute Gasteiger partial charge is 0.186 e. The zero-order valence-electron chi connectivity index (χ0n) is 28.5. The molecule has 4 aliphatic carbocycles. The van der Waals surface area contributed by atoms with Gasteiger partial charge in [0.15, 0.2) is 6.29 Å². The summed E-state index contributed by atoms with van der Waals surface area (Å²) < 4.78 is 12.2. The first-order chi connectivity index (χ1) is 20.3. The lowest BCUT2D eigenvalue weighted by Crippen LogP contribution is -2.67. The van der Waals surface area contributed by atoms with Crippen LogP contribution in [-0.2, 0) is 9.47 Å². The maximum Gasteiger partial charge on any atom is 0.186 e. The molecule has 1 aliphatic heterocycles. The molecule has 0 aromatic heterocycles. The second kappa shape index (κ2) is 11.8. The average molecular weight is 623 g/mol. The molecule has 4 saturated carbocycles. The van der Waals surface area contributed by atoms with Crippen LogP contribution in [0.4, 0.5) is 0 Å². The third-order valence-corrected chi connectivity index (χ3v) is 14.3. The standard InChI is InChI=1S/C36H62O8/c1-20(10-9-14-32(2,3)42)21-11-16-36(8)27(21)22(38)18-25-34(6)15-13-26(33(4,5)24(34)12-17-35(25,36)7)44-31-30(41)29(40)28(39)23(19-37)43-31/h10,21-31,37-42H,9,11-19H2,1-8H3/b20-10-/t21-,22?,23-,24+,25-,26?,27+,28-,29+,30-,31+,34+,35-,36-/m1/s1. The molecule has 1 saturated heterocycles. The van der Waals surface area contributed by atoms with E-state index in [1.165, 1.54) is 5.57 Å². The molecule has 6 N–H and O–H groups in total. The minimum absolute atomic E-state index is 0.0103. The highest BCUT2D eigenvalue weighted by atomic mass is 16.7. The van der Waals surface area contributed by atoms with Crippen LogP contribution >= 0.6 is 0 Å². The van der Waals surface area contributed by atoms with Crippen molar-refractivity contribution in [2.45, 2.75) is 162 Å². The maximum absolute atomic E-state index is 12.0. The van der Waals surface area contributed by atoms with Gasteiger partial charge in [-0.2, -0.15) is 0 Å². The zero-order chi connectivity index (χ0) is 32.6. The first kappa shape index (κ1) is 34.7. The van der Waals surface area contributed by atoms with Crippen molar-refractivity contribution in [2.75, 3.05) is 6.61 Å². The van der Waals surface area contributed by atoms with Gasteiger partial charge >= 0.3 is 0 Å². The van der Waals surface area contributed by atoms with E-state index in [2.05, 4.69) is 47.6 Å². The predicted octanol–water partition coefficient (Wildman–Crippen LogP) is 4.32. The van der Waals surface area contributed by atoms with Gasteiger partial charge < -0.3 is 40.1 Å².